The molecule has 0 heterocycles. The van der Waals surface area contributed by atoms with Crippen molar-refractivity contribution in [3.63, 3.8) is 0 Å². The van der Waals surface area contributed by atoms with Crippen molar-refractivity contribution < 1.29 is 19.1 Å². The molecule has 0 atom stereocenters. The number of ether oxygens (including phenoxy) is 2. The zero-order chi connectivity index (χ0) is 15.2. The van der Waals surface area contributed by atoms with Gasteiger partial charge in [0.05, 0.1) is 13.2 Å². The Hall–Kier alpha value is -1.14. The van der Waals surface area contributed by atoms with Crippen LogP contribution in [0.3, 0.4) is 0 Å². The van der Waals surface area contributed by atoms with Crippen LogP contribution in [0.2, 0.25) is 0 Å². The Morgan fingerprint density at radius 2 is 1.45 bits per heavy atom. The highest BCUT2D eigenvalue weighted by Gasteiger charge is 2.12. The molecule has 0 fully saturated rings. The van der Waals surface area contributed by atoms with Gasteiger partial charge >= 0.3 is 0 Å². The van der Waals surface area contributed by atoms with Gasteiger partial charge in [-0.05, 0) is 12.8 Å². The van der Waals surface area contributed by atoms with E-state index in [9.17, 15) is 9.59 Å². The first kappa shape index (κ1) is 18.9. The largest absolute Gasteiger partial charge is 0.369 e. The molecule has 0 unspecified atom stereocenters. The first-order chi connectivity index (χ1) is 9.61. The number of unbranched alkanes of at least 4 members (excludes halogenated alkanes) is 2. The van der Waals surface area contributed by atoms with Crippen molar-refractivity contribution in [2.75, 3.05) is 39.5 Å². The van der Waals surface area contributed by atoms with Gasteiger partial charge in [0.1, 0.15) is 13.2 Å². The maximum absolute atomic E-state index is 12.0. The summed E-state index contributed by atoms with van der Waals surface area (Å²) in [4.78, 5) is 24.3. The number of carbonyl (C=O) groups excluding carboxylic acids is 2. The van der Waals surface area contributed by atoms with Crippen molar-refractivity contribution in [2.45, 2.75) is 39.5 Å². The quantitative estimate of drug-likeness (QED) is 0.511. The van der Waals surface area contributed by atoms with Crippen molar-refractivity contribution in [3.8, 4) is 0 Å². The maximum Gasteiger partial charge on any atom is 0.248 e. The van der Waals surface area contributed by atoms with Gasteiger partial charge in [0.15, 0.2) is 0 Å². The van der Waals surface area contributed by atoms with Crippen LogP contribution in [-0.2, 0) is 19.1 Å². The molecular weight excluding hydrogens is 260 g/mol. The third kappa shape index (κ3) is 10.8. The summed E-state index contributed by atoms with van der Waals surface area (Å²) in [5.74, 6) is -0.492. The van der Waals surface area contributed by atoms with Gasteiger partial charge in [-0.15, -0.1) is 0 Å². The van der Waals surface area contributed by atoms with Gasteiger partial charge < -0.3 is 20.1 Å². The second-order valence-corrected chi connectivity index (χ2v) is 4.66. The lowest BCUT2D eigenvalue weighted by molar-refractivity contribution is -0.137. The van der Waals surface area contributed by atoms with Crippen molar-refractivity contribution in [1.82, 2.24) is 4.90 Å². The number of amides is 2. The zero-order valence-corrected chi connectivity index (χ0v) is 12.7. The SMILES string of the molecule is CCCCN(CCCC)C(=O)COCCOCC(N)=O. The Labute approximate surface area is 121 Å². The van der Waals surface area contributed by atoms with Crippen LogP contribution in [0.4, 0.5) is 0 Å². The molecule has 0 saturated carbocycles. The van der Waals surface area contributed by atoms with Gasteiger partial charge in [-0.25, -0.2) is 0 Å². The summed E-state index contributed by atoms with van der Waals surface area (Å²) in [6.45, 7) is 6.29. The average molecular weight is 288 g/mol. The molecule has 0 spiro atoms. The molecule has 0 aliphatic carbocycles. The van der Waals surface area contributed by atoms with Crippen LogP contribution in [0.1, 0.15) is 39.5 Å². The first-order valence-corrected chi connectivity index (χ1v) is 7.33. The highest BCUT2D eigenvalue weighted by Crippen LogP contribution is 2.00. The molecule has 0 bridgehead atoms. The van der Waals surface area contributed by atoms with Crippen molar-refractivity contribution in [3.05, 3.63) is 0 Å². The molecule has 0 aromatic carbocycles. The normalized spacial score (nSPS) is 10.5. The lowest BCUT2D eigenvalue weighted by atomic mass is 10.2. The molecule has 0 saturated heterocycles. The van der Waals surface area contributed by atoms with Gasteiger partial charge in [0.25, 0.3) is 0 Å². The predicted octanol–water partition coefficient (Wildman–Crippen LogP) is 0.934. The van der Waals surface area contributed by atoms with E-state index >= 15 is 0 Å². The smallest absolute Gasteiger partial charge is 0.248 e. The minimum Gasteiger partial charge on any atom is -0.369 e. The van der Waals surface area contributed by atoms with Gasteiger partial charge in [0.2, 0.25) is 11.8 Å². The van der Waals surface area contributed by atoms with Crippen molar-refractivity contribution in [1.29, 1.82) is 0 Å². The summed E-state index contributed by atoms with van der Waals surface area (Å²) < 4.78 is 10.2. The Morgan fingerprint density at radius 1 is 0.950 bits per heavy atom. The highest BCUT2D eigenvalue weighted by atomic mass is 16.5. The lowest BCUT2D eigenvalue weighted by Gasteiger charge is -2.22. The van der Waals surface area contributed by atoms with Crippen molar-refractivity contribution >= 4 is 11.8 Å². The van der Waals surface area contributed by atoms with E-state index in [0.29, 0.717) is 0 Å². The van der Waals surface area contributed by atoms with E-state index < -0.39 is 5.91 Å². The summed E-state index contributed by atoms with van der Waals surface area (Å²) in [7, 11) is 0. The Kier molecular flexibility index (Phi) is 12.1. The highest BCUT2D eigenvalue weighted by molar-refractivity contribution is 5.77. The van der Waals surface area contributed by atoms with E-state index in [0.717, 1.165) is 38.8 Å². The molecule has 20 heavy (non-hydrogen) atoms. The molecule has 6 nitrogen and oxygen atoms in total. The Balaban J connectivity index is 3.78. The number of nitrogens with two attached hydrogens (primary N) is 1. The summed E-state index contributed by atoms with van der Waals surface area (Å²) in [6, 6.07) is 0. The molecule has 2 N–H and O–H groups in total. The number of nitrogens with zero attached hydrogens (tertiary/aromatic N) is 1. The summed E-state index contributed by atoms with van der Waals surface area (Å²) in [5, 5.41) is 0. The van der Waals surface area contributed by atoms with Gasteiger partial charge in [-0.2, -0.15) is 0 Å². The number of hydrogen-bond acceptors (Lipinski definition) is 4. The zero-order valence-electron chi connectivity index (χ0n) is 12.7. The van der Waals surface area contributed by atoms with Gasteiger partial charge in [0, 0.05) is 13.1 Å². The monoisotopic (exact) mass is 288 g/mol. The van der Waals surface area contributed by atoms with Crippen LogP contribution in [0.15, 0.2) is 0 Å². The topological polar surface area (TPSA) is 81.9 Å². The third-order valence-corrected chi connectivity index (χ3v) is 2.76. The van der Waals surface area contributed by atoms with E-state index in [2.05, 4.69) is 13.8 Å². The van der Waals surface area contributed by atoms with E-state index in [-0.39, 0.29) is 32.3 Å². The van der Waals surface area contributed by atoms with Crippen LogP contribution in [-0.4, -0.2) is 56.2 Å². The van der Waals surface area contributed by atoms with Gasteiger partial charge in [-0.1, -0.05) is 26.7 Å². The van der Waals surface area contributed by atoms with Crippen molar-refractivity contribution in [2.24, 2.45) is 5.73 Å². The first-order valence-electron chi connectivity index (χ1n) is 7.33. The number of carbonyl (C=O) groups is 2. The molecule has 0 aliphatic rings. The maximum atomic E-state index is 12.0. The lowest BCUT2D eigenvalue weighted by Crippen LogP contribution is -2.36. The summed E-state index contributed by atoms with van der Waals surface area (Å²) in [5.41, 5.74) is 4.92. The van der Waals surface area contributed by atoms with E-state index in [4.69, 9.17) is 15.2 Å². The fourth-order valence-corrected chi connectivity index (χ4v) is 1.60. The molecule has 0 aromatic rings. The molecule has 2 amide bonds. The Morgan fingerprint density at radius 3 is 1.90 bits per heavy atom. The number of rotatable bonds is 13. The summed E-state index contributed by atoms with van der Waals surface area (Å²) >= 11 is 0. The van der Waals surface area contributed by atoms with Gasteiger partial charge in [-0.3, -0.25) is 9.59 Å². The fourth-order valence-electron chi connectivity index (χ4n) is 1.60. The minimum absolute atomic E-state index is 0.0156. The fraction of sp³-hybridized carbons (Fsp3) is 0.857. The van der Waals surface area contributed by atoms with Crippen LogP contribution >= 0.6 is 0 Å². The van der Waals surface area contributed by atoms with Crippen LogP contribution in [0.5, 0.6) is 0 Å². The second-order valence-electron chi connectivity index (χ2n) is 4.66. The standard InChI is InChI=1S/C14H28N2O4/c1-3-5-7-16(8-6-4-2)14(18)12-20-10-9-19-11-13(15)17/h3-12H2,1-2H3,(H2,15,17). The molecule has 118 valence electrons. The third-order valence-electron chi connectivity index (χ3n) is 2.76. The number of hydrogen-bond donors (Lipinski definition) is 1. The predicted molar refractivity (Wildman–Crippen MR) is 77.2 cm³/mol. The van der Waals surface area contributed by atoms with E-state index in [1.807, 2.05) is 4.90 Å². The minimum atomic E-state index is -0.508. The average Bonchev–Trinajstić information content (AvgIpc) is 2.42. The molecule has 0 aromatic heterocycles. The molecule has 6 heteroatoms. The molecule has 0 rings (SSSR count). The van der Waals surface area contributed by atoms with E-state index in [1.54, 1.807) is 0 Å². The molecule has 0 aliphatic heterocycles. The summed E-state index contributed by atoms with van der Waals surface area (Å²) in [6.07, 6.45) is 4.16. The van der Waals surface area contributed by atoms with Crippen LogP contribution in [0, 0.1) is 0 Å². The van der Waals surface area contributed by atoms with Crippen LogP contribution in [0.25, 0.3) is 0 Å². The second kappa shape index (κ2) is 12.9. The Bertz CT molecular complexity index is 264. The molecular formula is C14H28N2O4. The van der Waals surface area contributed by atoms with E-state index in [1.165, 1.54) is 0 Å². The number of primary amides is 1. The molecule has 0 radical (unpaired) electrons. The van der Waals surface area contributed by atoms with Crippen LogP contribution < -0.4 is 5.73 Å².